The van der Waals surface area contributed by atoms with E-state index in [-0.39, 0.29) is 0 Å². The molecule has 0 spiro atoms. The maximum absolute atomic E-state index is 6.50. The Morgan fingerprint density at radius 2 is 0.982 bits per heavy atom. The summed E-state index contributed by atoms with van der Waals surface area (Å²) in [5, 5.41) is 6.51. The summed E-state index contributed by atoms with van der Waals surface area (Å²) in [6.07, 6.45) is 0. The fourth-order valence-corrected chi connectivity index (χ4v) is 9.14. The molecule has 6 nitrogen and oxygen atoms in total. The molecule has 0 N–H and O–H groups in total. The molecule has 0 atom stereocenters. The highest BCUT2D eigenvalue weighted by molar-refractivity contribution is 7.25. The van der Waals surface area contributed by atoms with Gasteiger partial charge in [-0.25, -0.2) is 19.9 Å². The highest BCUT2D eigenvalue weighted by Gasteiger charge is 2.20. The molecule has 0 aliphatic carbocycles. The van der Waals surface area contributed by atoms with Gasteiger partial charge in [-0.1, -0.05) is 115 Å². The predicted molar refractivity (Wildman–Crippen MR) is 232 cm³/mol. The highest BCUT2D eigenvalue weighted by atomic mass is 32.1. The van der Waals surface area contributed by atoms with E-state index in [1.54, 1.807) is 0 Å². The standard InChI is InChI=1S/C50H28N4O2S/c1-3-10-30(11-4-1)47-52-48(34-15-9-14-32(26-34)33-20-22-37-36-16-7-8-17-42(36)57-43(37)28-33)54-49(53-47)35-19-18-29-21-24-40-44(38(29)27-35)45-41(55-40)25-23-39-46(45)56-50(51-39)31-12-5-2-6-13-31/h1-28H. The lowest BCUT2D eigenvalue weighted by atomic mass is 10.0. The summed E-state index contributed by atoms with van der Waals surface area (Å²) in [7, 11) is 0. The number of rotatable bonds is 5. The van der Waals surface area contributed by atoms with Crippen molar-refractivity contribution in [3.63, 3.8) is 0 Å². The van der Waals surface area contributed by atoms with Crippen molar-refractivity contribution in [2.24, 2.45) is 0 Å². The Morgan fingerprint density at radius 1 is 0.368 bits per heavy atom. The van der Waals surface area contributed by atoms with Gasteiger partial charge in [0.25, 0.3) is 0 Å². The molecule has 8 aromatic carbocycles. The third-order valence-corrected chi connectivity index (χ3v) is 11.9. The van der Waals surface area contributed by atoms with Gasteiger partial charge in [-0.2, -0.15) is 0 Å². The Hall–Kier alpha value is -7.48. The van der Waals surface area contributed by atoms with E-state index < -0.39 is 0 Å². The zero-order valence-electron chi connectivity index (χ0n) is 30.2. The van der Waals surface area contributed by atoms with Crippen LogP contribution in [-0.4, -0.2) is 19.9 Å². The lowest BCUT2D eigenvalue weighted by molar-refractivity contribution is 0.622. The topological polar surface area (TPSA) is 77.8 Å². The minimum Gasteiger partial charge on any atom is -0.456 e. The van der Waals surface area contributed by atoms with Crippen LogP contribution >= 0.6 is 11.3 Å². The molecule has 0 bridgehead atoms. The van der Waals surface area contributed by atoms with Gasteiger partial charge in [-0.15, -0.1) is 11.3 Å². The minimum atomic E-state index is 0.573. The second-order valence-corrected chi connectivity index (χ2v) is 15.3. The van der Waals surface area contributed by atoms with E-state index in [1.807, 2.05) is 90.2 Å². The summed E-state index contributed by atoms with van der Waals surface area (Å²) in [5.74, 6) is 2.37. The summed E-state index contributed by atoms with van der Waals surface area (Å²) in [4.78, 5) is 20.2. The average Bonchev–Trinajstić information content (AvgIpc) is 4.00. The number of hydrogen-bond donors (Lipinski definition) is 0. The van der Waals surface area contributed by atoms with Crippen molar-refractivity contribution in [1.82, 2.24) is 19.9 Å². The summed E-state index contributed by atoms with van der Waals surface area (Å²) in [6, 6.07) is 58.3. The molecule has 7 heteroatoms. The minimum absolute atomic E-state index is 0.573. The third-order valence-electron chi connectivity index (χ3n) is 10.8. The largest absolute Gasteiger partial charge is 0.456 e. The van der Waals surface area contributed by atoms with Crippen LogP contribution in [0, 0.1) is 0 Å². The van der Waals surface area contributed by atoms with E-state index in [0.29, 0.717) is 28.9 Å². The molecule has 12 aromatic rings. The molecule has 0 aliphatic heterocycles. The maximum atomic E-state index is 6.50. The summed E-state index contributed by atoms with van der Waals surface area (Å²) >= 11 is 1.83. The molecule has 0 saturated carbocycles. The fraction of sp³-hybridized carbons (Fsp3) is 0. The molecule has 4 heterocycles. The van der Waals surface area contributed by atoms with Gasteiger partial charge >= 0.3 is 0 Å². The molecule has 0 radical (unpaired) electrons. The number of aromatic nitrogens is 4. The van der Waals surface area contributed by atoms with Gasteiger partial charge in [0.15, 0.2) is 23.1 Å². The van der Waals surface area contributed by atoms with Gasteiger partial charge in [0.05, 0.1) is 5.39 Å². The van der Waals surface area contributed by atoms with Crippen molar-refractivity contribution >= 4 is 75.3 Å². The zero-order chi connectivity index (χ0) is 37.5. The number of nitrogens with zero attached hydrogens (tertiary/aromatic N) is 4. The first-order chi connectivity index (χ1) is 28.2. The van der Waals surface area contributed by atoms with E-state index in [0.717, 1.165) is 71.6 Å². The average molecular weight is 749 g/mol. The van der Waals surface area contributed by atoms with E-state index >= 15 is 0 Å². The Morgan fingerprint density at radius 3 is 1.82 bits per heavy atom. The normalized spacial score (nSPS) is 11.9. The van der Waals surface area contributed by atoms with Gasteiger partial charge < -0.3 is 8.83 Å². The number of hydrogen-bond acceptors (Lipinski definition) is 7. The van der Waals surface area contributed by atoms with Crippen molar-refractivity contribution in [2.45, 2.75) is 0 Å². The molecule has 0 fully saturated rings. The molecule has 0 amide bonds. The van der Waals surface area contributed by atoms with Crippen LogP contribution in [0.3, 0.4) is 0 Å². The zero-order valence-corrected chi connectivity index (χ0v) is 31.0. The first-order valence-electron chi connectivity index (χ1n) is 18.8. The second kappa shape index (κ2) is 12.5. The smallest absolute Gasteiger partial charge is 0.227 e. The van der Waals surface area contributed by atoms with E-state index in [2.05, 4.69) is 91.0 Å². The van der Waals surface area contributed by atoms with Crippen molar-refractivity contribution in [3.05, 3.63) is 170 Å². The summed E-state index contributed by atoms with van der Waals surface area (Å²) in [5.41, 5.74) is 8.85. The van der Waals surface area contributed by atoms with Gasteiger partial charge in [0.1, 0.15) is 16.7 Å². The van der Waals surface area contributed by atoms with Crippen LogP contribution in [0.15, 0.2) is 179 Å². The lowest BCUT2D eigenvalue weighted by Crippen LogP contribution is -2.00. The Labute approximate surface area is 329 Å². The fourth-order valence-electron chi connectivity index (χ4n) is 7.99. The summed E-state index contributed by atoms with van der Waals surface area (Å²) in [6.45, 7) is 0. The van der Waals surface area contributed by atoms with Crippen molar-refractivity contribution in [2.75, 3.05) is 0 Å². The maximum Gasteiger partial charge on any atom is 0.227 e. The molecule has 12 rings (SSSR count). The molecular formula is C50H28N4O2S. The number of thiophene rings is 1. The van der Waals surface area contributed by atoms with Gasteiger partial charge in [0, 0.05) is 47.8 Å². The number of fused-ring (bicyclic) bond motifs is 10. The van der Waals surface area contributed by atoms with E-state index in [1.165, 1.54) is 20.2 Å². The van der Waals surface area contributed by atoms with Gasteiger partial charge in [0.2, 0.25) is 5.89 Å². The van der Waals surface area contributed by atoms with Crippen molar-refractivity contribution < 1.29 is 8.83 Å². The molecule has 57 heavy (non-hydrogen) atoms. The molecule has 4 aromatic heterocycles. The van der Waals surface area contributed by atoms with E-state index in [9.17, 15) is 0 Å². The van der Waals surface area contributed by atoms with Crippen molar-refractivity contribution in [3.8, 4) is 56.7 Å². The third kappa shape index (κ3) is 5.24. The van der Waals surface area contributed by atoms with Gasteiger partial charge in [-0.05, 0) is 76.5 Å². The van der Waals surface area contributed by atoms with Crippen LogP contribution in [0.4, 0.5) is 0 Å². The van der Waals surface area contributed by atoms with Crippen LogP contribution in [-0.2, 0) is 0 Å². The number of benzene rings is 8. The van der Waals surface area contributed by atoms with Crippen LogP contribution < -0.4 is 0 Å². The Balaban J connectivity index is 1.02. The lowest BCUT2D eigenvalue weighted by Gasteiger charge is -2.10. The Bertz CT molecular complexity index is 3530. The van der Waals surface area contributed by atoms with Crippen LogP contribution in [0.2, 0.25) is 0 Å². The van der Waals surface area contributed by atoms with E-state index in [4.69, 9.17) is 28.8 Å². The quantitative estimate of drug-likeness (QED) is 0.174. The van der Waals surface area contributed by atoms with Crippen molar-refractivity contribution in [1.29, 1.82) is 0 Å². The van der Waals surface area contributed by atoms with Gasteiger partial charge in [-0.3, -0.25) is 0 Å². The molecule has 266 valence electrons. The molecular weight excluding hydrogens is 721 g/mol. The SMILES string of the molecule is c1ccc(-c2nc(-c3cccc(-c4ccc5c(c4)sc4ccccc45)c3)nc(-c3ccc4ccc5oc6ccc7nc(-c8ccccc8)oc7c6c5c4c3)n2)cc1. The molecule has 0 aliphatic rings. The first-order valence-corrected chi connectivity index (χ1v) is 19.6. The predicted octanol–water partition coefficient (Wildman–Crippen LogP) is 13.8. The molecule has 0 saturated heterocycles. The summed E-state index contributed by atoms with van der Waals surface area (Å²) < 4.78 is 15.5. The monoisotopic (exact) mass is 748 g/mol. The second-order valence-electron chi connectivity index (χ2n) is 14.2. The molecule has 0 unspecified atom stereocenters. The Kier molecular flexibility index (Phi) is 7.00. The van der Waals surface area contributed by atoms with Crippen LogP contribution in [0.1, 0.15) is 0 Å². The van der Waals surface area contributed by atoms with Crippen LogP contribution in [0.25, 0.3) is 121 Å². The van der Waals surface area contributed by atoms with Crippen LogP contribution in [0.5, 0.6) is 0 Å². The highest BCUT2D eigenvalue weighted by Crippen LogP contribution is 2.42. The first kappa shape index (κ1) is 31.8. The number of furan rings is 1. The number of oxazole rings is 1.